The van der Waals surface area contributed by atoms with Crippen molar-refractivity contribution in [2.75, 3.05) is 6.61 Å². The molecule has 3 heteroatoms. The minimum atomic E-state index is -1.97. The van der Waals surface area contributed by atoms with Gasteiger partial charge in [-0.05, 0) is 25.0 Å². The van der Waals surface area contributed by atoms with Crippen LogP contribution in [0.5, 0.6) is 0 Å². The molecule has 0 spiro atoms. The highest BCUT2D eigenvalue weighted by molar-refractivity contribution is 5.85. The quantitative estimate of drug-likeness (QED) is 0.694. The average Bonchev–Trinajstić information content (AvgIpc) is 2.54. The molecule has 1 unspecified atom stereocenters. The Morgan fingerprint density at radius 1 is 1.10 bits per heavy atom. The summed E-state index contributed by atoms with van der Waals surface area (Å²) in [6, 6.07) is 17.8. The zero-order valence-electron chi connectivity index (χ0n) is 11.7. The van der Waals surface area contributed by atoms with Gasteiger partial charge in [-0.3, -0.25) is 0 Å². The number of hydrogen-bond donors (Lipinski definition) is 1. The molecule has 0 heterocycles. The molecule has 106 valence electrons. The lowest BCUT2D eigenvalue weighted by Crippen LogP contribution is -2.36. The fourth-order valence-electron chi connectivity index (χ4n) is 1.84. The van der Waals surface area contributed by atoms with E-state index in [0.717, 1.165) is 5.56 Å². The van der Waals surface area contributed by atoms with Crippen molar-refractivity contribution in [2.45, 2.75) is 12.5 Å². The number of benzene rings is 2. The molecule has 0 saturated carbocycles. The normalized spacial score (nSPS) is 12.7. The molecule has 0 amide bonds. The smallest absolute Gasteiger partial charge is 0.355 e. The van der Waals surface area contributed by atoms with Crippen LogP contribution in [-0.2, 0) is 15.1 Å². The molecule has 0 aromatic heterocycles. The van der Waals surface area contributed by atoms with E-state index in [4.69, 9.17) is 4.74 Å². The Labute approximate surface area is 124 Å². The van der Waals surface area contributed by atoms with Crippen LogP contribution in [0.3, 0.4) is 0 Å². The fourth-order valence-corrected chi connectivity index (χ4v) is 1.84. The molecule has 0 bridgehead atoms. The summed E-state index contributed by atoms with van der Waals surface area (Å²) >= 11 is 0. The van der Waals surface area contributed by atoms with Crippen LogP contribution in [0.1, 0.15) is 18.1 Å². The third-order valence-electron chi connectivity index (χ3n) is 2.92. The van der Waals surface area contributed by atoms with E-state index in [1.807, 2.05) is 30.3 Å². The molecular weight excluding hydrogens is 264 g/mol. The summed E-state index contributed by atoms with van der Waals surface area (Å²) in [6.07, 6.45) is 0. The number of rotatable bonds is 3. The van der Waals surface area contributed by atoms with Gasteiger partial charge in [0.25, 0.3) is 5.60 Å². The van der Waals surface area contributed by atoms with Gasteiger partial charge in [-0.1, -0.05) is 54.5 Å². The molecule has 2 aromatic carbocycles. The van der Waals surface area contributed by atoms with Crippen LogP contribution in [0.4, 0.5) is 0 Å². The molecule has 0 radical (unpaired) electrons. The Balaban J connectivity index is 2.43. The Hall–Kier alpha value is -2.57. The first kappa shape index (κ1) is 14.8. The lowest BCUT2D eigenvalue weighted by atomic mass is 9.94. The van der Waals surface area contributed by atoms with Gasteiger partial charge in [0.05, 0.1) is 6.61 Å². The Kier molecular flexibility index (Phi) is 4.76. The van der Waals surface area contributed by atoms with E-state index in [0.29, 0.717) is 5.56 Å². The van der Waals surface area contributed by atoms with E-state index in [1.54, 1.807) is 37.3 Å². The third kappa shape index (κ3) is 3.50. The summed E-state index contributed by atoms with van der Waals surface area (Å²) in [4.78, 5) is 12.1. The summed E-state index contributed by atoms with van der Waals surface area (Å²) in [5.74, 6) is 4.70. The van der Waals surface area contributed by atoms with Gasteiger partial charge in [-0.2, -0.15) is 0 Å². The molecule has 0 fully saturated rings. The first-order chi connectivity index (χ1) is 10.2. The van der Waals surface area contributed by atoms with Crippen LogP contribution in [0.15, 0.2) is 60.7 Å². The van der Waals surface area contributed by atoms with E-state index in [1.165, 1.54) is 0 Å². The minimum Gasteiger partial charge on any atom is -0.463 e. The number of hydrogen-bond acceptors (Lipinski definition) is 3. The average molecular weight is 280 g/mol. The van der Waals surface area contributed by atoms with Crippen LogP contribution in [-0.4, -0.2) is 17.7 Å². The number of aliphatic hydroxyl groups is 1. The van der Waals surface area contributed by atoms with E-state index < -0.39 is 11.6 Å². The number of esters is 1. The summed E-state index contributed by atoms with van der Waals surface area (Å²) in [7, 11) is 0. The molecule has 1 atom stereocenters. The first-order valence-electron chi connectivity index (χ1n) is 6.70. The second-order valence-corrected chi connectivity index (χ2v) is 4.41. The van der Waals surface area contributed by atoms with Crippen molar-refractivity contribution in [1.29, 1.82) is 0 Å². The van der Waals surface area contributed by atoms with Gasteiger partial charge in [0, 0.05) is 11.1 Å². The van der Waals surface area contributed by atoms with E-state index >= 15 is 0 Å². The van der Waals surface area contributed by atoms with Gasteiger partial charge < -0.3 is 9.84 Å². The Bertz CT molecular complexity index is 653. The van der Waals surface area contributed by atoms with Gasteiger partial charge in [-0.15, -0.1) is 0 Å². The molecule has 21 heavy (non-hydrogen) atoms. The molecule has 0 saturated heterocycles. The van der Waals surface area contributed by atoms with Crippen molar-refractivity contribution in [3.8, 4) is 11.8 Å². The zero-order valence-corrected chi connectivity index (χ0v) is 11.7. The van der Waals surface area contributed by atoms with Gasteiger partial charge in [0.2, 0.25) is 0 Å². The predicted molar refractivity (Wildman–Crippen MR) is 80.3 cm³/mol. The standard InChI is InChI=1S/C18H16O3/c1-2-21-17(19)18(20,16-11-7-4-8-12-16)14-13-15-9-5-3-6-10-15/h3-12,20H,2H2,1H3. The maximum absolute atomic E-state index is 12.1. The van der Waals surface area contributed by atoms with Crippen molar-refractivity contribution >= 4 is 5.97 Å². The number of carbonyl (C=O) groups is 1. The second-order valence-electron chi connectivity index (χ2n) is 4.41. The predicted octanol–water partition coefficient (Wildman–Crippen LogP) is 2.49. The van der Waals surface area contributed by atoms with Crippen LogP contribution in [0.25, 0.3) is 0 Å². The monoisotopic (exact) mass is 280 g/mol. The van der Waals surface area contributed by atoms with E-state index in [2.05, 4.69) is 11.8 Å². The summed E-state index contributed by atoms with van der Waals surface area (Å²) in [5.41, 5.74) is -0.851. The van der Waals surface area contributed by atoms with Crippen LogP contribution >= 0.6 is 0 Å². The highest BCUT2D eigenvalue weighted by atomic mass is 16.5. The highest BCUT2D eigenvalue weighted by Gasteiger charge is 2.37. The molecule has 0 aliphatic heterocycles. The van der Waals surface area contributed by atoms with Gasteiger partial charge in [0.15, 0.2) is 0 Å². The van der Waals surface area contributed by atoms with Crippen LogP contribution in [0, 0.1) is 11.8 Å². The number of ether oxygens (including phenoxy) is 1. The molecular formula is C18H16O3. The van der Waals surface area contributed by atoms with Crippen molar-refractivity contribution < 1.29 is 14.6 Å². The summed E-state index contributed by atoms with van der Waals surface area (Å²) in [5, 5.41) is 10.7. The van der Waals surface area contributed by atoms with Gasteiger partial charge in [-0.25, -0.2) is 4.79 Å². The van der Waals surface area contributed by atoms with Crippen molar-refractivity contribution in [3.05, 3.63) is 71.8 Å². The molecule has 3 nitrogen and oxygen atoms in total. The largest absolute Gasteiger partial charge is 0.463 e. The molecule has 0 aliphatic carbocycles. The zero-order chi connectivity index (χ0) is 15.1. The van der Waals surface area contributed by atoms with Crippen LogP contribution in [0.2, 0.25) is 0 Å². The van der Waals surface area contributed by atoms with E-state index in [-0.39, 0.29) is 6.61 Å². The van der Waals surface area contributed by atoms with Crippen molar-refractivity contribution in [2.24, 2.45) is 0 Å². The molecule has 2 rings (SSSR count). The van der Waals surface area contributed by atoms with Gasteiger partial charge in [0.1, 0.15) is 0 Å². The highest BCUT2D eigenvalue weighted by Crippen LogP contribution is 2.22. The lowest BCUT2D eigenvalue weighted by Gasteiger charge is -2.20. The molecule has 1 N–H and O–H groups in total. The summed E-state index contributed by atoms with van der Waals surface area (Å²) < 4.78 is 4.96. The molecule has 0 aliphatic rings. The SMILES string of the molecule is CCOC(=O)C(O)(C#Cc1ccccc1)c1ccccc1. The van der Waals surface area contributed by atoms with Gasteiger partial charge >= 0.3 is 5.97 Å². The maximum Gasteiger partial charge on any atom is 0.355 e. The topological polar surface area (TPSA) is 46.5 Å². The summed E-state index contributed by atoms with van der Waals surface area (Å²) in [6.45, 7) is 1.87. The second kappa shape index (κ2) is 6.74. The fraction of sp³-hybridized carbons (Fsp3) is 0.167. The van der Waals surface area contributed by atoms with E-state index in [9.17, 15) is 9.90 Å². The third-order valence-corrected chi connectivity index (χ3v) is 2.92. The van der Waals surface area contributed by atoms with Crippen molar-refractivity contribution in [1.82, 2.24) is 0 Å². The maximum atomic E-state index is 12.1. The van der Waals surface area contributed by atoms with Crippen LogP contribution < -0.4 is 0 Å². The number of carbonyl (C=O) groups excluding carboxylic acids is 1. The minimum absolute atomic E-state index is 0.182. The molecule has 2 aromatic rings. The van der Waals surface area contributed by atoms with Crippen molar-refractivity contribution in [3.63, 3.8) is 0 Å². The lowest BCUT2D eigenvalue weighted by molar-refractivity contribution is -0.159. The first-order valence-corrected chi connectivity index (χ1v) is 6.70. The Morgan fingerprint density at radius 3 is 2.24 bits per heavy atom. The Morgan fingerprint density at radius 2 is 1.67 bits per heavy atom.